The quantitative estimate of drug-likeness (QED) is 0.757. The van der Waals surface area contributed by atoms with E-state index >= 15 is 0 Å². The van der Waals surface area contributed by atoms with Crippen molar-refractivity contribution in [3.8, 4) is 0 Å². The van der Waals surface area contributed by atoms with Crippen LogP contribution < -0.4 is 0 Å². The Morgan fingerprint density at radius 3 is 1.93 bits per heavy atom. The molecule has 2 heteroatoms. The molecule has 15 heavy (non-hydrogen) atoms. The molecule has 4 aliphatic rings. The van der Waals surface area contributed by atoms with Crippen LogP contribution in [0.5, 0.6) is 0 Å². The third kappa shape index (κ3) is 1.08. The molecule has 0 aromatic carbocycles. The van der Waals surface area contributed by atoms with Crippen molar-refractivity contribution in [2.24, 2.45) is 29.1 Å². The summed E-state index contributed by atoms with van der Waals surface area (Å²) < 4.78 is 0. The molecule has 2 nitrogen and oxygen atoms in total. The molecule has 0 atom stereocenters. The lowest BCUT2D eigenvalue weighted by Gasteiger charge is -2.59. The summed E-state index contributed by atoms with van der Waals surface area (Å²) in [4.78, 5) is 11.6. The summed E-state index contributed by atoms with van der Waals surface area (Å²) in [5, 5.41) is 9.60. The van der Waals surface area contributed by atoms with Crippen LogP contribution in [0.3, 0.4) is 0 Å². The molecule has 0 saturated heterocycles. The number of rotatable bonds is 2. The molecule has 0 unspecified atom stereocenters. The molecule has 84 valence electrons. The Morgan fingerprint density at radius 1 is 1.13 bits per heavy atom. The molecular formula is C13H20O2. The van der Waals surface area contributed by atoms with Gasteiger partial charge in [0.05, 0.1) is 5.41 Å². The van der Waals surface area contributed by atoms with Gasteiger partial charge >= 0.3 is 5.97 Å². The third-order valence-corrected chi connectivity index (χ3v) is 5.58. The van der Waals surface area contributed by atoms with Crippen LogP contribution in [0.25, 0.3) is 0 Å². The molecule has 0 spiro atoms. The van der Waals surface area contributed by atoms with Crippen LogP contribution in [0.15, 0.2) is 0 Å². The number of hydrogen-bond donors (Lipinski definition) is 1. The first-order valence-corrected chi connectivity index (χ1v) is 6.40. The van der Waals surface area contributed by atoms with E-state index in [9.17, 15) is 9.90 Å². The average Bonchev–Trinajstić information content (AvgIpc) is 2.16. The van der Waals surface area contributed by atoms with Gasteiger partial charge in [-0.3, -0.25) is 4.79 Å². The predicted octanol–water partition coefficient (Wildman–Crippen LogP) is 2.92. The topological polar surface area (TPSA) is 37.3 Å². The summed E-state index contributed by atoms with van der Waals surface area (Å²) in [7, 11) is 0. The Hall–Kier alpha value is -0.530. The highest BCUT2D eigenvalue weighted by atomic mass is 16.4. The number of carboxylic acid groups (broad SMARTS) is 1. The van der Waals surface area contributed by atoms with Crippen molar-refractivity contribution in [1.82, 2.24) is 0 Å². The largest absolute Gasteiger partial charge is 0.481 e. The molecule has 1 N–H and O–H groups in total. The molecule has 0 aliphatic heterocycles. The third-order valence-electron chi connectivity index (χ3n) is 5.58. The first-order chi connectivity index (χ1) is 7.16. The standard InChI is InChI=1S/C13H20O2/c1-2-13(12(14)15)10-4-8-3-9(6-10)7-11(13)5-8/h8-11H,2-7H2,1H3,(H,14,15). The van der Waals surface area contributed by atoms with Gasteiger partial charge in [0.1, 0.15) is 0 Å². The van der Waals surface area contributed by atoms with Gasteiger partial charge in [0.2, 0.25) is 0 Å². The van der Waals surface area contributed by atoms with Crippen molar-refractivity contribution in [2.45, 2.75) is 45.4 Å². The van der Waals surface area contributed by atoms with Crippen LogP contribution in [-0.2, 0) is 4.79 Å². The molecule has 0 radical (unpaired) electrons. The smallest absolute Gasteiger partial charge is 0.310 e. The lowest BCUT2D eigenvalue weighted by molar-refractivity contribution is -0.178. The number of aliphatic carboxylic acids is 1. The van der Waals surface area contributed by atoms with Crippen molar-refractivity contribution < 1.29 is 9.90 Å². The zero-order valence-corrected chi connectivity index (χ0v) is 9.41. The highest BCUT2D eigenvalue weighted by molar-refractivity contribution is 5.76. The molecule has 4 aliphatic carbocycles. The first-order valence-electron chi connectivity index (χ1n) is 6.40. The fourth-order valence-electron chi connectivity index (χ4n) is 5.10. The minimum atomic E-state index is -0.501. The van der Waals surface area contributed by atoms with E-state index in [4.69, 9.17) is 0 Å². The fourth-order valence-corrected chi connectivity index (χ4v) is 5.10. The summed E-state index contributed by atoms with van der Waals surface area (Å²) >= 11 is 0. The number of carbonyl (C=O) groups is 1. The van der Waals surface area contributed by atoms with E-state index in [0.29, 0.717) is 11.8 Å². The maximum Gasteiger partial charge on any atom is 0.310 e. The normalized spacial score (nSPS) is 52.1. The Bertz CT molecular complexity index is 267. The Kier molecular flexibility index (Phi) is 1.93. The summed E-state index contributed by atoms with van der Waals surface area (Å²) in [5.41, 5.74) is -0.340. The Labute approximate surface area is 91.1 Å². The molecule has 0 heterocycles. The second-order valence-corrected chi connectivity index (χ2v) is 6.00. The van der Waals surface area contributed by atoms with E-state index in [1.807, 2.05) is 0 Å². The van der Waals surface area contributed by atoms with Crippen LogP contribution in [-0.4, -0.2) is 11.1 Å². The van der Waals surface area contributed by atoms with Crippen LogP contribution >= 0.6 is 0 Å². The zero-order valence-electron chi connectivity index (χ0n) is 9.41. The summed E-state index contributed by atoms with van der Waals surface area (Å²) in [6.45, 7) is 2.08. The minimum Gasteiger partial charge on any atom is -0.481 e. The maximum absolute atomic E-state index is 11.6. The van der Waals surface area contributed by atoms with Crippen LogP contribution in [0.2, 0.25) is 0 Å². The van der Waals surface area contributed by atoms with Gasteiger partial charge in [-0.2, -0.15) is 0 Å². The van der Waals surface area contributed by atoms with Gasteiger partial charge < -0.3 is 5.11 Å². The fraction of sp³-hybridized carbons (Fsp3) is 0.923. The monoisotopic (exact) mass is 208 g/mol. The average molecular weight is 208 g/mol. The van der Waals surface area contributed by atoms with Gasteiger partial charge in [-0.1, -0.05) is 6.92 Å². The van der Waals surface area contributed by atoms with Crippen molar-refractivity contribution in [2.75, 3.05) is 0 Å². The summed E-state index contributed by atoms with van der Waals surface area (Å²) in [6.07, 6.45) is 7.05. The number of hydrogen-bond acceptors (Lipinski definition) is 1. The van der Waals surface area contributed by atoms with Crippen molar-refractivity contribution in [3.05, 3.63) is 0 Å². The summed E-state index contributed by atoms with van der Waals surface area (Å²) in [5.74, 6) is 2.23. The van der Waals surface area contributed by atoms with Crippen LogP contribution in [0.1, 0.15) is 45.4 Å². The second-order valence-electron chi connectivity index (χ2n) is 6.00. The summed E-state index contributed by atoms with van der Waals surface area (Å²) in [6, 6.07) is 0. The van der Waals surface area contributed by atoms with Crippen molar-refractivity contribution in [3.63, 3.8) is 0 Å². The van der Waals surface area contributed by atoms with Gasteiger partial charge in [-0.05, 0) is 62.2 Å². The van der Waals surface area contributed by atoms with Crippen LogP contribution in [0.4, 0.5) is 0 Å². The maximum atomic E-state index is 11.6. The van der Waals surface area contributed by atoms with Gasteiger partial charge in [0, 0.05) is 0 Å². The molecular weight excluding hydrogens is 188 g/mol. The molecule has 4 fully saturated rings. The minimum absolute atomic E-state index is 0.340. The predicted molar refractivity (Wildman–Crippen MR) is 57.4 cm³/mol. The molecule has 0 aromatic heterocycles. The molecule has 4 rings (SSSR count). The lowest BCUT2D eigenvalue weighted by atomic mass is 9.44. The van der Waals surface area contributed by atoms with E-state index in [1.54, 1.807) is 0 Å². The van der Waals surface area contributed by atoms with E-state index in [2.05, 4.69) is 6.92 Å². The number of carboxylic acids is 1. The van der Waals surface area contributed by atoms with Gasteiger partial charge in [0.25, 0.3) is 0 Å². The molecule has 0 amide bonds. The lowest BCUT2D eigenvalue weighted by Crippen LogP contribution is -2.56. The second kappa shape index (κ2) is 2.99. The molecule has 0 aromatic rings. The van der Waals surface area contributed by atoms with E-state index in [-0.39, 0.29) is 5.41 Å². The first kappa shape index (κ1) is 9.68. The van der Waals surface area contributed by atoms with Crippen molar-refractivity contribution in [1.29, 1.82) is 0 Å². The van der Waals surface area contributed by atoms with E-state index < -0.39 is 5.97 Å². The SMILES string of the molecule is CCC1(C(=O)O)C2CC3CC(C2)CC1C3. The van der Waals surface area contributed by atoms with Gasteiger partial charge in [0.15, 0.2) is 0 Å². The zero-order chi connectivity index (χ0) is 10.6. The highest BCUT2D eigenvalue weighted by Gasteiger charge is 2.59. The van der Waals surface area contributed by atoms with Crippen LogP contribution in [0, 0.1) is 29.1 Å². The van der Waals surface area contributed by atoms with E-state index in [0.717, 1.165) is 18.3 Å². The van der Waals surface area contributed by atoms with Gasteiger partial charge in [-0.15, -0.1) is 0 Å². The highest BCUT2D eigenvalue weighted by Crippen LogP contribution is 2.63. The Balaban J connectivity index is 1.99. The molecule has 4 saturated carbocycles. The van der Waals surface area contributed by atoms with Crippen molar-refractivity contribution >= 4 is 5.97 Å². The molecule has 4 bridgehead atoms. The Morgan fingerprint density at radius 2 is 1.60 bits per heavy atom. The van der Waals surface area contributed by atoms with E-state index in [1.165, 1.54) is 32.1 Å². The van der Waals surface area contributed by atoms with Gasteiger partial charge in [-0.25, -0.2) is 0 Å².